The van der Waals surface area contributed by atoms with E-state index in [0.29, 0.717) is 0 Å². The van der Waals surface area contributed by atoms with E-state index in [1.54, 1.807) is 0 Å². The molecule has 0 saturated heterocycles. The molecule has 0 N–H and O–H groups in total. The standard InChI is InChI=1S/C61H42O/c1-3-14-42(15-4-1)48-18-9-20-50(38-48)44-30-34-46(35-31-44)60(47-36-32-45(33-37-47)51-21-10-19-49(39-51)43-16-5-2-6-17-43)55-25-12-23-53(41-55)52-22-11-24-54(40-52)56-27-13-28-58-57-26-7-8-29-59(57)62-61(56)58/h1-41,60H. The van der Waals surface area contributed by atoms with Crippen LogP contribution in [0.25, 0.3) is 88.7 Å². The van der Waals surface area contributed by atoms with Crippen LogP contribution < -0.4 is 0 Å². The summed E-state index contributed by atoms with van der Waals surface area (Å²) < 4.78 is 6.46. The smallest absolute Gasteiger partial charge is 0.143 e. The molecule has 1 aromatic heterocycles. The van der Waals surface area contributed by atoms with E-state index in [4.69, 9.17) is 4.42 Å². The Morgan fingerprint density at radius 1 is 0.242 bits per heavy atom. The summed E-state index contributed by atoms with van der Waals surface area (Å²) in [4.78, 5) is 0. The Morgan fingerprint density at radius 2 is 0.629 bits per heavy atom. The summed E-state index contributed by atoms with van der Waals surface area (Å²) in [6.45, 7) is 0. The van der Waals surface area contributed by atoms with Gasteiger partial charge in [-0.05, 0) is 102 Å². The highest BCUT2D eigenvalue weighted by Crippen LogP contribution is 2.40. The molecule has 0 saturated carbocycles. The van der Waals surface area contributed by atoms with Crippen LogP contribution in [0.2, 0.25) is 0 Å². The third-order valence-corrected chi connectivity index (χ3v) is 12.2. The van der Waals surface area contributed by atoms with E-state index in [-0.39, 0.29) is 5.92 Å². The second-order valence-electron chi connectivity index (χ2n) is 16.1. The summed E-state index contributed by atoms with van der Waals surface area (Å²) in [5.74, 6) is 0.0110. The summed E-state index contributed by atoms with van der Waals surface area (Å²) >= 11 is 0. The first-order chi connectivity index (χ1) is 30.7. The number of fused-ring (bicyclic) bond motifs is 3. The Bertz CT molecular complexity index is 3190. The summed E-state index contributed by atoms with van der Waals surface area (Å²) in [5.41, 5.74) is 19.8. The fourth-order valence-electron chi connectivity index (χ4n) is 9.07. The molecule has 62 heavy (non-hydrogen) atoms. The zero-order chi connectivity index (χ0) is 41.2. The van der Waals surface area contributed by atoms with Crippen LogP contribution in [-0.2, 0) is 0 Å². The van der Waals surface area contributed by atoms with Gasteiger partial charge in [-0.1, -0.05) is 224 Å². The highest BCUT2D eigenvalue weighted by Gasteiger charge is 2.19. The topological polar surface area (TPSA) is 13.1 Å². The molecule has 0 aliphatic carbocycles. The molecule has 1 heterocycles. The third-order valence-electron chi connectivity index (χ3n) is 12.2. The molecule has 0 aliphatic rings. The lowest BCUT2D eigenvalue weighted by atomic mass is 9.83. The predicted octanol–water partition coefficient (Wildman–Crippen LogP) is 16.8. The van der Waals surface area contributed by atoms with Gasteiger partial charge in [-0.3, -0.25) is 0 Å². The zero-order valence-electron chi connectivity index (χ0n) is 34.2. The summed E-state index contributed by atoms with van der Waals surface area (Å²) in [6, 6.07) is 89.9. The van der Waals surface area contributed by atoms with E-state index in [1.807, 2.05) is 12.1 Å². The van der Waals surface area contributed by atoms with Gasteiger partial charge in [0.1, 0.15) is 11.2 Å². The van der Waals surface area contributed by atoms with E-state index >= 15 is 0 Å². The number of para-hydroxylation sites is 2. The van der Waals surface area contributed by atoms with Crippen molar-refractivity contribution in [3.05, 3.63) is 265 Å². The lowest BCUT2D eigenvalue weighted by Gasteiger charge is -2.21. The number of rotatable bonds is 9. The van der Waals surface area contributed by atoms with Crippen LogP contribution in [0.3, 0.4) is 0 Å². The largest absolute Gasteiger partial charge is 0.455 e. The third kappa shape index (κ3) is 7.21. The monoisotopic (exact) mass is 790 g/mol. The van der Waals surface area contributed by atoms with Gasteiger partial charge in [0.2, 0.25) is 0 Å². The van der Waals surface area contributed by atoms with E-state index in [9.17, 15) is 0 Å². The number of hydrogen-bond acceptors (Lipinski definition) is 1. The van der Waals surface area contributed by atoms with Gasteiger partial charge in [-0.2, -0.15) is 0 Å². The minimum atomic E-state index is 0.0110. The van der Waals surface area contributed by atoms with Gasteiger partial charge < -0.3 is 4.42 Å². The van der Waals surface area contributed by atoms with Crippen molar-refractivity contribution in [1.29, 1.82) is 0 Å². The van der Waals surface area contributed by atoms with Crippen molar-refractivity contribution in [2.75, 3.05) is 0 Å². The van der Waals surface area contributed by atoms with Crippen molar-refractivity contribution in [2.24, 2.45) is 0 Å². The van der Waals surface area contributed by atoms with Gasteiger partial charge in [0.25, 0.3) is 0 Å². The number of benzene rings is 10. The van der Waals surface area contributed by atoms with Crippen molar-refractivity contribution in [3.8, 4) is 66.8 Å². The highest BCUT2D eigenvalue weighted by molar-refractivity contribution is 6.09. The molecule has 0 aliphatic heterocycles. The van der Waals surface area contributed by atoms with Crippen LogP contribution in [0, 0.1) is 0 Å². The number of hydrogen-bond donors (Lipinski definition) is 0. The normalized spacial score (nSPS) is 11.4. The first kappa shape index (κ1) is 37.0. The zero-order valence-corrected chi connectivity index (χ0v) is 34.2. The molecule has 0 spiro atoms. The molecule has 1 nitrogen and oxygen atoms in total. The van der Waals surface area contributed by atoms with Crippen LogP contribution in [0.5, 0.6) is 0 Å². The average molecular weight is 791 g/mol. The van der Waals surface area contributed by atoms with Gasteiger partial charge >= 0.3 is 0 Å². The molecule has 0 bridgehead atoms. The Balaban J connectivity index is 0.972. The maximum atomic E-state index is 6.46. The molecule has 0 radical (unpaired) electrons. The van der Waals surface area contributed by atoms with Gasteiger partial charge in [0.15, 0.2) is 0 Å². The number of furan rings is 1. The minimum Gasteiger partial charge on any atom is -0.455 e. The Labute approximate surface area is 362 Å². The SMILES string of the molecule is c1ccc(-c2cccc(-c3ccc(C(c4ccc(-c5cccc(-c6ccccc6)c5)cc4)c4cccc(-c5cccc(-c6cccc7c6oc6ccccc67)c5)c4)cc3)c2)cc1. The maximum absolute atomic E-state index is 6.46. The Kier molecular flexibility index (Phi) is 9.69. The molecule has 0 atom stereocenters. The summed E-state index contributed by atoms with van der Waals surface area (Å²) in [6.07, 6.45) is 0. The predicted molar refractivity (Wildman–Crippen MR) is 260 cm³/mol. The minimum absolute atomic E-state index is 0.0110. The quantitative estimate of drug-likeness (QED) is 0.133. The van der Waals surface area contributed by atoms with E-state index in [2.05, 4.69) is 237 Å². The van der Waals surface area contributed by atoms with Crippen molar-refractivity contribution >= 4 is 21.9 Å². The summed E-state index contributed by atoms with van der Waals surface area (Å²) in [5, 5.41) is 2.28. The molecule has 0 fully saturated rings. The lowest BCUT2D eigenvalue weighted by Crippen LogP contribution is -2.04. The van der Waals surface area contributed by atoms with Crippen LogP contribution >= 0.6 is 0 Å². The molecule has 11 rings (SSSR count). The fourth-order valence-corrected chi connectivity index (χ4v) is 9.07. The molecular formula is C61H42O. The van der Waals surface area contributed by atoms with E-state index in [1.165, 1.54) is 72.3 Å². The second kappa shape index (κ2) is 16.2. The van der Waals surface area contributed by atoms with Gasteiger partial charge in [-0.25, -0.2) is 0 Å². The molecule has 0 amide bonds. The maximum Gasteiger partial charge on any atom is 0.143 e. The average Bonchev–Trinajstić information content (AvgIpc) is 3.74. The van der Waals surface area contributed by atoms with E-state index < -0.39 is 0 Å². The van der Waals surface area contributed by atoms with Crippen LogP contribution in [0.15, 0.2) is 253 Å². The van der Waals surface area contributed by atoms with Gasteiger partial charge in [0, 0.05) is 22.3 Å². The molecule has 0 unspecified atom stereocenters. The Morgan fingerprint density at radius 3 is 1.19 bits per heavy atom. The van der Waals surface area contributed by atoms with Gasteiger partial charge in [0.05, 0.1) is 0 Å². The Hall–Kier alpha value is -8.00. The first-order valence-electron chi connectivity index (χ1n) is 21.3. The van der Waals surface area contributed by atoms with Gasteiger partial charge in [-0.15, -0.1) is 0 Å². The molecular weight excluding hydrogens is 749 g/mol. The fraction of sp³-hybridized carbons (Fsp3) is 0.0164. The van der Waals surface area contributed by atoms with E-state index in [0.717, 1.165) is 33.1 Å². The molecule has 10 aromatic carbocycles. The highest BCUT2D eigenvalue weighted by atomic mass is 16.3. The van der Waals surface area contributed by atoms with Crippen LogP contribution in [-0.4, -0.2) is 0 Å². The van der Waals surface area contributed by atoms with Crippen molar-refractivity contribution in [2.45, 2.75) is 5.92 Å². The lowest BCUT2D eigenvalue weighted by molar-refractivity contribution is 0.670. The first-order valence-corrected chi connectivity index (χ1v) is 21.3. The van der Waals surface area contributed by atoms with Crippen molar-refractivity contribution in [1.82, 2.24) is 0 Å². The molecule has 11 aromatic rings. The van der Waals surface area contributed by atoms with Crippen molar-refractivity contribution in [3.63, 3.8) is 0 Å². The van der Waals surface area contributed by atoms with Crippen LogP contribution in [0.1, 0.15) is 22.6 Å². The molecule has 1 heteroatoms. The van der Waals surface area contributed by atoms with Crippen molar-refractivity contribution < 1.29 is 4.42 Å². The van der Waals surface area contributed by atoms with Crippen LogP contribution in [0.4, 0.5) is 0 Å². The summed E-state index contributed by atoms with van der Waals surface area (Å²) in [7, 11) is 0. The second-order valence-corrected chi connectivity index (χ2v) is 16.1. The molecule has 292 valence electrons.